The molecule has 1 fully saturated rings. The van der Waals surface area contributed by atoms with E-state index in [2.05, 4.69) is 35.9 Å². The largest absolute Gasteiger partial charge is 0.357 e. The number of nitrogens with two attached hydrogens (primary N) is 1. The number of rotatable bonds is 2. The predicted octanol–water partition coefficient (Wildman–Crippen LogP) is 1.87. The van der Waals surface area contributed by atoms with Gasteiger partial charge in [0.25, 0.3) is 0 Å². The SMILES string of the molecule is Cc1cc(C)nc(N2CCC(CN)CC2)c1. The fourth-order valence-electron chi connectivity index (χ4n) is 2.38. The Kier molecular flexibility index (Phi) is 3.44. The Morgan fingerprint density at radius 1 is 1.31 bits per heavy atom. The molecule has 0 atom stereocenters. The molecule has 0 amide bonds. The second-order valence-electron chi connectivity index (χ2n) is 4.81. The topological polar surface area (TPSA) is 42.2 Å². The standard InChI is InChI=1S/C13H21N3/c1-10-7-11(2)15-13(8-10)16-5-3-12(9-14)4-6-16/h7-8,12H,3-6,9,14H2,1-2H3. The van der Waals surface area contributed by atoms with Crippen LogP contribution in [0.1, 0.15) is 24.1 Å². The van der Waals surface area contributed by atoms with Crippen molar-refractivity contribution < 1.29 is 0 Å². The molecule has 0 spiro atoms. The monoisotopic (exact) mass is 219 g/mol. The number of aromatic nitrogens is 1. The van der Waals surface area contributed by atoms with Crippen molar-refractivity contribution in [1.29, 1.82) is 0 Å². The van der Waals surface area contributed by atoms with Gasteiger partial charge in [0.2, 0.25) is 0 Å². The van der Waals surface area contributed by atoms with Gasteiger partial charge < -0.3 is 10.6 Å². The normalized spacial score (nSPS) is 17.8. The van der Waals surface area contributed by atoms with Crippen LogP contribution in [0.4, 0.5) is 5.82 Å². The van der Waals surface area contributed by atoms with E-state index in [1.54, 1.807) is 0 Å². The van der Waals surface area contributed by atoms with E-state index in [9.17, 15) is 0 Å². The first-order valence-electron chi connectivity index (χ1n) is 6.09. The summed E-state index contributed by atoms with van der Waals surface area (Å²) in [6.07, 6.45) is 2.40. The average Bonchev–Trinajstić information content (AvgIpc) is 2.28. The van der Waals surface area contributed by atoms with Crippen LogP contribution in [-0.2, 0) is 0 Å². The fraction of sp³-hybridized carbons (Fsp3) is 0.615. The minimum Gasteiger partial charge on any atom is -0.357 e. The Morgan fingerprint density at radius 2 is 2.00 bits per heavy atom. The van der Waals surface area contributed by atoms with Crippen LogP contribution in [0.15, 0.2) is 12.1 Å². The van der Waals surface area contributed by atoms with Crippen molar-refractivity contribution in [3.63, 3.8) is 0 Å². The molecule has 0 aliphatic carbocycles. The lowest BCUT2D eigenvalue weighted by Crippen LogP contribution is -2.36. The van der Waals surface area contributed by atoms with Crippen LogP contribution in [0, 0.1) is 19.8 Å². The fourth-order valence-corrected chi connectivity index (χ4v) is 2.38. The van der Waals surface area contributed by atoms with E-state index >= 15 is 0 Å². The van der Waals surface area contributed by atoms with E-state index in [-0.39, 0.29) is 0 Å². The molecule has 3 heteroatoms. The van der Waals surface area contributed by atoms with Crippen molar-refractivity contribution in [2.45, 2.75) is 26.7 Å². The first-order chi connectivity index (χ1) is 7.69. The van der Waals surface area contributed by atoms with E-state index in [1.807, 2.05) is 0 Å². The van der Waals surface area contributed by atoms with Crippen molar-refractivity contribution in [2.24, 2.45) is 11.7 Å². The van der Waals surface area contributed by atoms with Gasteiger partial charge in [-0.3, -0.25) is 0 Å². The van der Waals surface area contributed by atoms with Gasteiger partial charge in [-0.25, -0.2) is 4.98 Å². The number of hydrogen-bond acceptors (Lipinski definition) is 3. The van der Waals surface area contributed by atoms with E-state index < -0.39 is 0 Å². The summed E-state index contributed by atoms with van der Waals surface area (Å²) >= 11 is 0. The minimum atomic E-state index is 0.710. The Bertz CT molecular complexity index is 334. The molecule has 0 bridgehead atoms. The molecule has 0 unspecified atom stereocenters. The zero-order valence-corrected chi connectivity index (χ0v) is 10.2. The van der Waals surface area contributed by atoms with Gasteiger partial charge in [-0.05, 0) is 56.8 Å². The summed E-state index contributed by atoms with van der Waals surface area (Å²) in [5.74, 6) is 1.84. The molecule has 0 radical (unpaired) electrons. The number of nitrogens with zero attached hydrogens (tertiary/aromatic N) is 2. The van der Waals surface area contributed by atoms with Crippen molar-refractivity contribution in [2.75, 3.05) is 24.5 Å². The van der Waals surface area contributed by atoms with Crippen LogP contribution in [0.2, 0.25) is 0 Å². The van der Waals surface area contributed by atoms with Crippen molar-refractivity contribution in [1.82, 2.24) is 4.98 Å². The third-order valence-electron chi connectivity index (χ3n) is 3.36. The molecule has 1 aliphatic rings. The molecule has 2 N–H and O–H groups in total. The van der Waals surface area contributed by atoms with Crippen LogP contribution in [0.3, 0.4) is 0 Å². The quantitative estimate of drug-likeness (QED) is 0.825. The number of pyridine rings is 1. The Morgan fingerprint density at radius 3 is 2.56 bits per heavy atom. The molecule has 0 saturated carbocycles. The van der Waals surface area contributed by atoms with Gasteiger partial charge in [-0.15, -0.1) is 0 Å². The maximum absolute atomic E-state index is 5.70. The van der Waals surface area contributed by atoms with Gasteiger partial charge >= 0.3 is 0 Å². The van der Waals surface area contributed by atoms with E-state index in [0.29, 0.717) is 5.92 Å². The van der Waals surface area contributed by atoms with Crippen molar-refractivity contribution in [3.8, 4) is 0 Å². The summed E-state index contributed by atoms with van der Waals surface area (Å²) in [6.45, 7) is 7.21. The zero-order chi connectivity index (χ0) is 11.5. The summed E-state index contributed by atoms with van der Waals surface area (Å²) in [7, 11) is 0. The Labute approximate surface area is 97.7 Å². The zero-order valence-electron chi connectivity index (χ0n) is 10.2. The summed E-state index contributed by atoms with van der Waals surface area (Å²) in [6, 6.07) is 4.30. The van der Waals surface area contributed by atoms with E-state index in [0.717, 1.165) is 31.1 Å². The van der Waals surface area contributed by atoms with Crippen molar-refractivity contribution >= 4 is 5.82 Å². The first-order valence-corrected chi connectivity index (χ1v) is 6.09. The third kappa shape index (κ3) is 2.53. The highest BCUT2D eigenvalue weighted by atomic mass is 15.2. The highest BCUT2D eigenvalue weighted by molar-refractivity contribution is 5.42. The molecular formula is C13H21N3. The van der Waals surface area contributed by atoms with Gasteiger partial charge in [0.1, 0.15) is 5.82 Å². The van der Waals surface area contributed by atoms with Crippen molar-refractivity contribution in [3.05, 3.63) is 23.4 Å². The Balaban J connectivity index is 2.08. The highest BCUT2D eigenvalue weighted by Gasteiger charge is 2.19. The molecule has 1 aromatic heterocycles. The number of aryl methyl sites for hydroxylation is 2. The average molecular weight is 219 g/mol. The lowest BCUT2D eigenvalue weighted by atomic mass is 9.97. The van der Waals surface area contributed by atoms with Gasteiger partial charge in [-0.1, -0.05) is 0 Å². The van der Waals surface area contributed by atoms with Gasteiger partial charge in [0, 0.05) is 18.8 Å². The highest BCUT2D eigenvalue weighted by Crippen LogP contribution is 2.22. The third-order valence-corrected chi connectivity index (χ3v) is 3.36. The van der Waals surface area contributed by atoms with E-state index in [1.165, 1.54) is 18.4 Å². The lowest BCUT2D eigenvalue weighted by Gasteiger charge is -2.32. The molecule has 2 rings (SSSR count). The smallest absolute Gasteiger partial charge is 0.129 e. The first kappa shape index (κ1) is 11.4. The Hall–Kier alpha value is -1.09. The van der Waals surface area contributed by atoms with E-state index in [4.69, 9.17) is 5.73 Å². The molecule has 88 valence electrons. The van der Waals surface area contributed by atoms with Crippen LogP contribution < -0.4 is 10.6 Å². The molecule has 1 aliphatic heterocycles. The summed E-state index contributed by atoms with van der Waals surface area (Å²) in [4.78, 5) is 6.98. The second kappa shape index (κ2) is 4.83. The number of anilines is 1. The maximum Gasteiger partial charge on any atom is 0.129 e. The summed E-state index contributed by atoms with van der Waals surface area (Å²) in [5, 5.41) is 0. The summed E-state index contributed by atoms with van der Waals surface area (Å²) in [5.41, 5.74) is 8.10. The van der Waals surface area contributed by atoms with Gasteiger partial charge in [0.05, 0.1) is 0 Å². The van der Waals surface area contributed by atoms with Gasteiger partial charge in [-0.2, -0.15) is 0 Å². The molecule has 2 heterocycles. The molecule has 1 saturated heterocycles. The van der Waals surface area contributed by atoms with Crippen LogP contribution in [0.25, 0.3) is 0 Å². The van der Waals surface area contributed by atoms with Crippen LogP contribution in [0.5, 0.6) is 0 Å². The van der Waals surface area contributed by atoms with Gasteiger partial charge in [0.15, 0.2) is 0 Å². The lowest BCUT2D eigenvalue weighted by molar-refractivity contribution is 0.413. The number of piperidine rings is 1. The second-order valence-corrected chi connectivity index (χ2v) is 4.81. The predicted molar refractivity (Wildman–Crippen MR) is 67.7 cm³/mol. The minimum absolute atomic E-state index is 0.710. The maximum atomic E-state index is 5.70. The molecule has 1 aromatic rings. The molecule has 3 nitrogen and oxygen atoms in total. The molecule has 0 aromatic carbocycles. The van der Waals surface area contributed by atoms with Crippen LogP contribution >= 0.6 is 0 Å². The molecule has 16 heavy (non-hydrogen) atoms. The summed E-state index contributed by atoms with van der Waals surface area (Å²) < 4.78 is 0. The van der Waals surface area contributed by atoms with Crippen LogP contribution in [-0.4, -0.2) is 24.6 Å². The number of hydrogen-bond donors (Lipinski definition) is 1. The molecular weight excluding hydrogens is 198 g/mol.